The Morgan fingerprint density at radius 3 is 2.18 bits per heavy atom. The van der Waals surface area contributed by atoms with Gasteiger partial charge >= 0.3 is 0 Å². The number of hydrogen-bond donors (Lipinski definition) is 0. The molecule has 0 fully saturated rings. The highest BCUT2D eigenvalue weighted by Gasteiger charge is 1.98. The molecule has 0 aromatic rings. The molecule has 64 valence electrons. The van der Waals surface area contributed by atoms with Crippen LogP contribution in [0.4, 0.5) is 0 Å². The van der Waals surface area contributed by atoms with Gasteiger partial charge in [-0.15, -0.1) is 0 Å². The van der Waals surface area contributed by atoms with Crippen LogP contribution in [0.25, 0.3) is 0 Å². The zero-order chi connectivity index (χ0) is 8.53. The zero-order valence-electron chi connectivity index (χ0n) is 8.01. The van der Waals surface area contributed by atoms with E-state index in [1.165, 1.54) is 12.8 Å². The molecule has 0 atom stereocenters. The van der Waals surface area contributed by atoms with Gasteiger partial charge in [0, 0.05) is 0 Å². The first-order chi connectivity index (χ1) is 5.43. The van der Waals surface area contributed by atoms with E-state index in [0.29, 0.717) is 0 Å². The molecule has 0 bridgehead atoms. The molecular weight excluding hydrogens is 132 g/mol. The first kappa shape index (κ1) is 10.5. The Balaban J connectivity index is 0.000000461. The highest BCUT2D eigenvalue weighted by molar-refractivity contribution is 5.08. The Morgan fingerprint density at radius 2 is 1.73 bits per heavy atom. The second-order valence-electron chi connectivity index (χ2n) is 2.54. The summed E-state index contributed by atoms with van der Waals surface area (Å²) in [6, 6.07) is 0. The molecule has 0 aromatic heterocycles. The normalized spacial score (nSPS) is 15.9. The van der Waals surface area contributed by atoms with E-state index in [9.17, 15) is 0 Å². The van der Waals surface area contributed by atoms with Gasteiger partial charge in [0.25, 0.3) is 0 Å². The molecule has 1 aliphatic carbocycles. The fourth-order valence-corrected chi connectivity index (χ4v) is 1.18. The quantitative estimate of drug-likeness (QED) is 0.526. The van der Waals surface area contributed by atoms with Crippen molar-refractivity contribution in [3.05, 3.63) is 24.3 Å². The topological polar surface area (TPSA) is 0 Å². The molecule has 0 nitrogen and oxygen atoms in total. The summed E-state index contributed by atoms with van der Waals surface area (Å²) in [4.78, 5) is 0. The second-order valence-corrected chi connectivity index (χ2v) is 2.54. The van der Waals surface area contributed by atoms with Crippen molar-refractivity contribution in [2.45, 2.75) is 40.0 Å². The van der Waals surface area contributed by atoms with Gasteiger partial charge < -0.3 is 0 Å². The van der Waals surface area contributed by atoms with Crippen molar-refractivity contribution in [3.8, 4) is 0 Å². The maximum absolute atomic E-state index is 2.31. The number of hydrogen-bond acceptors (Lipinski definition) is 0. The number of rotatable bonds is 2. The third-order valence-corrected chi connectivity index (χ3v) is 1.66. The van der Waals surface area contributed by atoms with Gasteiger partial charge in [-0.05, 0) is 18.8 Å². The van der Waals surface area contributed by atoms with Crippen molar-refractivity contribution in [1.82, 2.24) is 0 Å². The summed E-state index contributed by atoms with van der Waals surface area (Å²) in [5, 5.41) is 0. The molecule has 0 saturated carbocycles. The molecule has 0 aliphatic heterocycles. The lowest BCUT2D eigenvalue weighted by atomic mass is 9.99. The van der Waals surface area contributed by atoms with Crippen molar-refractivity contribution in [3.63, 3.8) is 0 Å². The molecule has 1 rings (SSSR count). The predicted molar refractivity (Wildman–Crippen MR) is 52.6 cm³/mol. The van der Waals surface area contributed by atoms with Gasteiger partial charge in [0.2, 0.25) is 0 Å². The minimum atomic E-state index is 0.740. The largest absolute Gasteiger partial charge is 0.0842 e. The smallest absolute Gasteiger partial charge is 0.00534 e. The average molecular weight is 152 g/mol. The molecule has 0 radical (unpaired) electrons. The highest BCUT2D eigenvalue weighted by atomic mass is 14.0. The van der Waals surface area contributed by atoms with Crippen molar-refractivity contribution >= 4 is 0 Å². The minimum absolute atomic E-state index is 0.740. The summed E-state index contributed by atoms with van der Waals surface area (Å²) in [6.07, 6.45) is 12.9. The molecule has 11 heavy (non-hydrogen) atoms. The van der Waals surface area contributed by atoms with E-state index in [-0.39, 0.29) is 0 Å². The molecule has 0 heteroatoms. The maximum Gasteiger partial charge on any atom is -0.00534 e. The van der Waals surface area contributed by atoms with E-state index >= 15 is 0 Å². The molecule has 0 spiro atoms. The van der Waals surface area contributed by atoms with Gasteiger partial charge in [0.15, 0.2) is 0 Å². The van der Waals surface area contributed by atoms with E-state index in [1.807, 2.05) is 13.8 Å². The molecule has 0 heterocycles. The Bertz CT molecular complexity index is 108. The van der Waals surface area contributed by atoms with E-state index in [0.717, 1.165) is 12.3 Å². The first-order valence-corrected chi connectivity index (χ1v) is 4.77. The first-order valence-electron chi connectivity index (χ1n) is 4.77. The summed E-state index contributed by atoms with van der Waals surface area (Å²) >= 11 is 0. The van der Waals surface area contributed by atoms with Gasteiger partial charge in [0.1, 0.15) is 0 Å². The summed E-state index contributed by atoms with van der Waals surface area (Å²) in [5.74, 6) is 0.740. The van der Waals surface area contributed by atoms with Crippen LogP contribution in [0.3, 0.4) is 0 Å². The van der Waals surface area contributed by atoms with E-state index in [4.69, 9.17) is 0 Å². The van der Waals surface area contributed by atoms with Crippen LogP contribution in [0.1, 0.15) is 40.0 Å². The molecule has 0 amide bonds. The van der Waals surface area contributed by atoms with Gasteiger partial charge in [-0.3, -0.25) is 0 Å². The fourth-order valence-electron chi connectivity index (χ4n) is 1.18. The van der Waals surface area contributed by atoms with E-state index in [1.54, 1.807) is 0 Å². The van der Waals surface area contributed by atoms with Crippen LogP contribution in [-0.4, -0.2) is 0 Å². The van der Waals surface area contributed by atoms with Crippen LogP contribution >= 0.6 is 0 Å². The highest BCUT2D eigenvalue weighted by Crippen LogP contribution is 2.14. The van der Waals surface area contributed by atoms with Gasteiger partial charge in [0.05, 0.1) is 0 Å². The summed E-state index contributed by atoms with van der Waals surface area (Å²) in [5.41, 5.74) is 0. The third kappa shape index (κ3) is 4.83. The SMILES string of the molecule is CC.CCCC1C=CCC=C1. The van der Waals surface area contributed by atoms with Crippen molar-refractivity contribution in [2.24, 2.45) is 5.92 Å². The third-order valence-electron chi connectivity index (χ3n) is 1.66. The molecule has 0 unspecified atom stereocenters. The number of allylic oxidation sites excluding steroid dienone is 4. The van der Waals surface area contributed by atoms with Crippen molar-refractivity contribution in [1.29, 1.82) is 0 Å². The fraction of sp³-hybridized carbons (Fsp3) is 0.636. The molecule has 1 aliphatic rings. The van der Waals surface area contributed by atoms with Crippen LogP contribution in [0.2, 0.25) is 0 Å². The van der Waals surface area contributed by atoms with Crippen LogP contribution in [-0.2, 0) is 0 Å². The van der Waals surface area contributed by atoms with Gasteiger partial charge in [-0.1, -0.05) is 51.5 Å². The van der Waals surface area contributed by atoms with E-state index < -0.39 is 0 Å². The van der Waals surface area contributed by atoms with E-state index in [2.05, 4.69) is 31.2 Å². The Morgan fingerprint density at radius 1 is 1.18 bits per heavy atom. The average Bonchev–Trinajstić information content (AvgIpc) is 2.11. The van der Waals surface area contributed by atoms with Crippen LogP contribution in [0.15, 0.2) is 24.3 Å². The Hall–Kier alpha value is -0.520. The molecule has 0 aromatic carbocycles. The van der Waals surface area contributed by atoms with Crippen LogP contribution in [0.5, 0.6) is 0 Å². The van der Waals surface area contributed by atoms with Gasteiger partial charge in [-0.2, -0.15) is 0 Å². The summed E-state index contributed by atoms with van der Waals surface area (Å²) < 4.78 is 0. The van der Waals surface area contributed by atoms with Gasteiger partial charge in [-0.25, -0.2) is 0 Å². The van der Waals surface area contributed by atoms with Crippen molar-refractivity contribution in [2.75, 3.05) is 0 Å². The van der Waals surface area contributed by atoms with Crippen LogP contribution in [0, 0.1) is 5.92 Å². The maximum atomic E-state index is 2.31. The standard InChI is InChI=1S/C9H14.C2H6/c1-2-6-9-7-4-3-5-8-9;1-2/h4-5,7-9H,2-3,6H2,1H3;1-2H3. The lowest BCUT2D eigenvalue weighted by molar-refractivity contribution is 0.682. The predicted octanol–water partition coefficient (Wildman–Crippen LogP) is 3.95. The minimum Gasteiger partial charge on any atom is -0.0842 e. The Labute approximate surface area is 71.0 Å². The second kappa shape index (κ2) is 7.59. The molecule has 0 N–H and O–H groups in total. The van der Waals surface area contributed by atoms with Crippen LogP contribution < -0.4 is 0 Å². The Kier molecular flexibility index (Phi) is 7.23. The van der Waals surface area contributed by atoms with Crippen molar-refractivity contribution < 1.29 is 0 Å². The summed E-state index contributed by atoms with van der Waals surface area (Å²) in [7, 11) is 0. The lowest BCUT2D eigenvalue weighted by Gasteiger charge is -2.07. The summed E-state index contributed by atoms with van der Waals surface area (Å²) in [6.45, 7) is 6.23. The molecule has 0 saturated heterocycles. The molecular formula is C11H20. The monoisotopic (exact) mass is 152 g/mol. The zero-order valence-corrected chi connectivity index (χ0v) is 8.01. The lowest BCUT2D eigenvalue weighted by Crippen LogP contribution is -1.92.